The van der Waals surface area contributed by atoms with Crippen molar-refractivity contribution >= 4 is 16.9 Å². The van der Waals surface area contributed by atoms with E-state index in [1.807, 2.05) is 37.3 Å². The molecule has 2 heterocycles. The van der Waals surface area contributed by atoms with Gasteiger partial charge in [-0.15, -0.1) is 0 Å². The zero-order valence-electron chi connectivity index (χ0n) is 11.6. The first kappa shape index (κ1) is 13.2. The quantitative estimate of drug-likeness (QED) is 0.935. The molecule has 0 saturated carbocycles. The van der Waals surface area contributed by atoms with Crippen molar-refractivity contribution in [1.29, 1.82) is 0 Å². The molecule has 20 heavy (non-hydrogen) atoms. The maximum atomic E-state index is 12.5. The number of aliphatic hydroxyl groups excluding tert-OH is 1. The monoisotopic (exact) mass is 273 g/mol. The maximum absolute atomic E-state index is 12.5. The highest BCUT2D eigenvalue weighted by atomic mass is 16.3. The minimum absolute atomic E-state index is 0.0330. The molecule has 0 radical (unpaired) electrons. The van der Waals surface area contributed by atoms with Crippen LogP contribution in [0.2, 0.25) is 0 Å². The van der Waals surface area contributed by atoms with Crippen LogP contribution < -0.4 is 0 Å². The minimum atomic E-state index is -0.311. The van der Waals surface area contributed by atoms with E-state index >= 15 is 0 Å². The van der Waals surface area contributed by atoms with E-state index in [2.05, 4.69) is 0 Å². The van der Waals surface area contributed by atoms with Crippen molar-refractivity contribution in [1.82, 2.24) is 4.90 Å². The first-order valence-corrected chi connectivity index (χ1v) is 7.10. The first-order valence-electron chi connectivity index (χ1n) is 7.10. The van der Waals surface area contributed by atoms with Gasteiger partial charge in [0.05, 0.1) is 18.6 Å². The lowest BCUT2D eigenvalue weighted by Crippen LogP contribution is -2.39. The highest BCUT2D eigenvalue weighted by Gasteiger charge is 2.32. The molecule has 2 atom stereocenters. The average Bonchev–Trinajstić information content (AvgIpc) is 3.11. The molecule has 106 valence electrons. The predicted octanol–water partition coefficient (Wildman–Crippen LogP) is 2.52. The van der Waals surface area contributed by atoms with E-state index < -0.39 is 0 Å². The number of rotatable bonds is 3. The van der Waals surface area contributed by atoms with E-state index in [-0.39, 0.29) is 24.5 Å². The number of likely N-dealkylation sites (tertiary alicyclic amines) is 1. The molecule has 1 fully saturated rings. The number of carbonyl (C=O) groups excluding carboxylic acids is 1. The highest BCUT2D eigenvalue weighted by molar-refractivity contribution is 5.85. The van der Waals surface area contributed by atoms with Crippen molar-refractivity contribution in [2.24, 2.45) is 0 Å². The van der Waals surface area contributed by atoms with Crippen LogP contribution in [0.5, 0.6) is 0 Å². The Balaban J connectivity index is 1.84. The molecule has 0 bridgehead atoms. The van der Waals surface area contributed by atoms with Gasteiger partial charge in [-0.25, -0.2) is 0 Å². The molecule has 1 N–H and O–H groups in total. The summed E-state index contributed by atoms with van der Waals surface area (Å²) in [6.45, 7) is 2.64. The molecule has 3 rings (SSSR count). The van der Waals surface area contributed by atoms with Crippen molar-refractivity contribution in [3.8, 4) is 0 Å². The molecule has 1 aromatic carbocycles. The summed E-state index contributed by atoms with van der Waals surface area (Å²) in [5.74, 6) is 0.426. The van der Waals surface area contributed by atoms with Crippen molar-refractivity contribution in [3.63, 3.8) is 0 Å². The lowest BCUT2D eigenvalue weighted by molar-refractivity contribution is -0.134. The summed E-state index contributed by atoms with van der Waals surface area (Å²) < 4.78 is 5.77. The summed E-state index contributed by atoms with van der Waals surface area (Å²) in [6, 6.07) is 9.66. The molecule has 1 saturated heterocycles. The van der Waals surface area contributed by atoms with E-state index in [1.165, 1.54) is 0 Å². The van der Waals surface area contributed by atoms with Crippen molar-refractivity contribution in [2.75, 3.05) is 13.2 Å². The normalized spacial score (nSPS) is 20.5. The Morgan fingerprint density at radius 3 is 3.05 bits per heavy atom. The number of carbonyl (C=O) groups is 1. The van der Waals surface area contributed by atoms with E-state index in [9.17, 15) is 9.90 Å². The largest absolute Gasteiger partial charge is 0.460 e. The molecule has 1 aromatic heterocycles. The maximum Gasteiger partial charge on any atom is 0.233 e. The predicted molar refractivity (Wildman–Crippen MR) is 76.4 cm³/mol. The van der Waals surface area contributed by atoms with Crippen LogP contribution in [-0.2, 0) is 4.79 Å². The third-order valence-electron chi connectivity index (χ3n) is 4.11. The van der Waals surface area contributed by atoms with Crippen LogP contribution in [0, 0.1) is 0 Å². The summed E-state index contributed by atoms with van der Waals surface area (Å²) in [4.78, 5) is 14.3. The van der Waals surface area contributed by atoms with Gasteiger partial charge in [0.25, 0.3) is 0 Å². The van der Waals surface area contributed by atoms with E-state index in [0.717, 1.165) is 30.4 Å². The van der Waals surface area contributed by atoms with E-state index in [0.29, 0.717) is 5.76 Å². The van der Waals surface area contributed by atoms with E-state index in [4.69, 9.17) is 4.42 Å². The number of para-hydroxylation sites is 1. The van der Waals surface area contributed by atoms with Gasteiger partial charge in [-0.1, -0.05) is 18.2 Å². The Hall–Kier alpha value is -1.81. The second-order valence-corrected chi connectivity index (χ2v) is 5.42. The van der Waals surface area contributed by atoms with Crippen LogP contribution in [0.4, 0.5) is 0 Å². The zero-order chi connectivity index (χ0) is 14.1. The SMILES string of the molecule is C[C@H](C(=O)N1CCC[C@@H]1CO)c1cc2ccccc2o1. The number of hydrogen-bond acceptors (Lipinski definition) is 3. The number of aliphatic hydroxyl groups is 1. The third-order valence-corrected chi connectivity index (χ3v) is 4.11. The first-order chi connectivity index (χ1) is 9.70. The molecular weight excluding hydrogens is 254 g/mol. The number of fused-ring (bicyclic) bond motifs is 1. The molecule has 2 aromatic rings. The average molecular weight is 273 g/mol. The lowest BCUT2D eigenvalue weighted by Gasteiger charge is -2.25. The summed E-state index contributed by atoms with van der Waals surface area (Å²) >= 11 is 0. The number of nitrogens with zero attached hydrogens (tertiary/aromatic N) is 1. The van der Waals surface area contributed by atoms with Crippen LogP contribution in [0.1, 0.15) is 31.4 Å². The van der Waals surface area contributed by atoms with Gasteiger partial charge in [-0.3, -0.25) is 4.79 Å². The smallest absolute Gasteiger partial charge is 0.233 e. The van der Waals surface area contributed by atoms with Gasteiger partial charge in [-0.2, -0.15) is 0 Å². The molecule has 1 amide bonds. The second-order valence-electron chi connectivity index (χ2n) is 5.42. The molecule has 1 aliphatic rings. The van der Waals surface area contributed by atoms with Crippen molar-refractivity contribution < 1.29 is 14.3 Å². The Morgan fingerprint density at radius 1 is 1.50 bits per heavy atom. The Bertz CT molecular complexity index is 586. The van der Waals surface area contributed by atoms with Gasteiger partial charge in [-0.05, 0) is 31.9 Å². The summed E-state index contributed by atoms with van der Waals surface area (Å²) in [6.07, 6.45) is 1.85. The summed E-state index contributed by atoms with van der Waals surface area (Å²) in [7, 11) is 0. The van der Waals surface area contributed by atoms with Crippen LogP contribution in [0.25, 0.3) is 11.0 Å². The molecule has 4 nitrogen and oxygen atoms in total. The molecule has 0 aliphatic carbocycles. The number of hydrogen-bond donors (Lipinski definition) is 1. The Kier molecular flexibility index (Phi) is 3.49. The molecule has 1 aliphatic heterocycles. The van der Waals surface area contributed by atoms with Gasteiger partial charge in [0.15, 0.2) is 0 Å². The van der Waals surface area contributed by atoms with Crippen molar-refractivity contribution in [2.45, 2.75) is 31.7 Å². The standard InChI is InChI=1S/C16H19NO3/c1-11(16(19)17-8-4-6-13(17)10-18)15-9-12-5-2-3-7-14(12)20-15/h2-3,5,7,9,11,13,18H,4,6,8,10H2,1H3/t11-,13+/m0/s1. The highest BCUT2D eigenvalue weighted by Crippen LogP contribution is 2.28. The van der Waals surface area contributed by atoms with Gasteiger partial charge < -0.3 is 14.4 Å². The van der Waals surface area contributed by atoms with Crippen molar-refractivity contribution in [3.05, 3.63) is 36.1 Å². The summed E-state index contributed by atoms with van der Waals surface area (Å²) in [5, 5.41) is 10.4. The van der Waals surface area contributed by atoms with Gasteiger partial charge >= 0.3 is 0 Å². The zero-order valence-corrected chi connectivity index (χ0v) is 11.6. The number of amides is 1. The fraction of sp³-hybridized carbons (Fsp3) is 0.438. The fourth-order valence-corrected chi connectivity index (χ4v) is 2.90. The lowest BCUT2D eigenvalue weighted by atomic mass is 10.1. The summed E-state index contributed by atoms with van der Waals surface area (Å²) in [5.41, 5.74) is 0.808. The van der Waals surface area contributed by atoms with E-state index in [1.54, 1.807) is 4.90 Å². The number of furan rings is 1. The number of benzene rings is 1. The Labute approximate surface area is 118 Å². The second kappa shape index (κ2) is 5.29. The van der Waals surface area contributed by atoms with Crippen LogP contribution in [-0.4, -0.2) is 35.1 Å². The third kappa shape index (κ3) is 2.20. The molecule has 0 spiro atoms. The van der Waals surface area contributed by atoms with Gasteiger partial charge in [0.1, 0.15) is 11.3 Å². The molecule has 4 heteroatoms. The van der Waals surface area contributed by atoms with Crippen LogP contribution in [0.3, 0.4) is 0 Å². The molecular formula is C16H19NO3. The topological polar surface area (TPSA) is 53.7 Å². The molecule has 0 unspecified atom stereocenters. The minimum Gasteiger partial charge on any atom is -0.460 e. The fourth-order valence-electron chi connectivity index (χ4n) is 2.90. The Morgan fingerprint density at radius 2 is 2.30 bits per heavy atom. The van der Waals surface area contributed by atoms with Gasteiger partial charge in [0, 0.05) is 11.9 Å². The van der Waals surface area contributed by atoms with Crippen LogP contribution in [0.15, 0.2) is 34.7 Å². The van der Waals surface area contributed by atoms with Crippen LogP contribution >= 0.6 is 0 Å². The van der Waals surface area contributed by atoms with Gasteiger partial charge in [0.2, 0.25) is 5.91 Å².